The van der Waals surface area contributed by atoms with Crippen molar-refractivity contribution >= 4 is 33.2 Å². The smallest absolute Gasteiger partial charge is 0.225 e. The summed E-state index contributed by atoms with van der Waals surface area (Å²) in [6.45, 7) is 3.07. The lowest BCUT2D eigenvalue weighted by Crippen LogP contribution is -2.28. The molecule has 6 heteroatoms. The van der Waals surface area contributed by atoms with Gasteiger partial charge >= 0.3 is 0 Å². The molecule has 2 heterocycles. The third kappa shape index (κ3) is 3.44. The van der Waals surface area contributed by atoms with Gasteiger partial charge in [0.25, 0.3) is 0 Å². The molecular formula is C16H16BrNO3S. The highest BCUT2D eigenvalue weighted by Crippen LogP contribution is 2.37. The fraction of sp³-hybridized carbons (Fsp3) is 0.312. The quantitative estimate of drug-likeness (QED) is 0.877. The number of amides is 1. The fourth-order valence-corrected chi connectivity index (χ4v) is 3.72. The average Bonchev–Trinajstić information content (AvgIpc) is 2.99. The summed E-state index contributed by atoms with van der Waals surface area (Å²) < 4.78 is 12.1. The van der Waals surface area contributed by atoms with Crippen LogP contribution in [0.15, 0.2) is 34.1 Å². The molecule has 1 atom stereocenters. The van der Waals surface area contributed by atoms with Crippen LogP contribution in [0.2, 0.25) is 0 Å². The second-order valence-corrected chi connectivity index (χ2v) is 6.95. The number of hydrogen-bond donors (Lipinski definition) is 1. The lowest BCUT2D eigenvalue weighted by atomic mass is 10.1. The molecule has 0 saturated carbocycles. The highest BCUT2D eigenvalue weighted by molar-refractivity contribution is 9.10. The van der Waals surface area contributed by atoms with Gasteiger partial charge in [0.2, 0.25) is 5.91 Å². The van der Waals surface area contributed by atoms with Crippen LogP contribution in [0, 0.1) is 0 Å². The third-order valence-corrected chi connectivity index (χ3v) is 4.98. The minimum Gasteiger partial charge on any atom is -0.486 e. The number of carbonyl (C=O) groups excluding carboxylic acids is 1. The molecule has 0 fully saturated rings. The van der Waals surface area contributed by atoms with E-state index in [1.54, 1.807) is 11.3 Å². The lowest BCUT2D eigenvalue weighted by molar-refractivity contribution is -0.121. The van der Waals surface area contributed by atoms with Crippen LogP contribution in [-0.4, -0.2) is 19.1 Å². The minimum absolute atomic E-state index is 0.0109. The van der Waals surface area contributed by atoms with Crippen LogP contribution >= 0.6 is 27.3 Å². The van der Waals surface area contributed by atoms with Gasteiger partial charge in [0, 0.05) is 9.35 Å². The van der Waals surface area contributed by atoms with Gasteiger partial charge in [-0.05, 0) is 36.1 Å². The third-order valence-electron chi connectivity index (χ3n) is 3.42. The molecule has 0 bridgehead atoms. The van der Waals surface area contributed by atoms with E-state index in [2.05, 4.69) is 21.2 Å². The van der Waals surface area contributed by atoms with Crippen molar-refractivity contribution in [1.29, 1.82) is 0 Å². The summed E-state index contributed by atoms with van der Waals surface area (Å²) in [5.74, 6) is 1.47. The summed E-state index contributed by atoms with van der Waals surface area (Å²) >= 11 is 5.13. The molecule has 1 aromatic heterocycles. The maximum atomic E-state index is 12.1. The number of nitrogens with one attached hydrogen (secondary N) is 1. The van der Waals surface area contributed by atoms with Crippen LogP contribution < -0.4 is 14.8 Å². The molecular weight excluding hydrogens is 366 g/mol. The number of ether oxygens (including phenoxy) is 2. The van der Waals surface area contributed by atoms with Crippen molar-refractivity contribution in [3.05, 3.63) is 44.6 Å². The first kappa shape index (κ1) is 15.4. The standard InChI is InChI=1S/C16H16BrNO3S/c1-10(18-16(19)7-11-3-2-6-22-11)12-8-14-15(9-13(12)17)21-5-4-20-14/h2-3,6,8-10H,4-5,7H2,1H3,(H,18,19). The van der Waals surface area contributed by atoms with E-state index in [0.29, 0.717) is 19.6 Å². The van der Waals surface area contributed by atoms with Gasteiger partial charge in [-0.2, -0.15) is 0 Å². The summed E-state index contributed by atoms with van der Waals surface area (Å²) in [4.78, 5) is 13.2. The average molecular weight is 382 g/mol. The predicted octanol–water partition coefficient (Wildman–Crippen LogP) is 3.70. The van der Waals surface area contributed by atoms with Crippen molar-refractivity contribution in [3.8, 4) is 11.5 Å². The van der Waals surface area contributed by atoms with E-state index < -0.39 is 0 Å². The van der Waals surface area contributed by atoms with Crippen LogP contribution in [0.1, 0.15) is 23.4 Å². The van der Waals surface area contributed by atoms with Gasteiger partial charge in [0.1, 0.15) is 13.2 Å². The Kier molecular flexibility index (Phi) is 4.69. The largest absolute Gasteiger partial charge is 0.486 e. The molecule has 1 N–H and O–H groups in total. The van der Waals surface area contributed by atoms with Crippen molar-refractivity contribution in [2.24, 2.45) is 0 Å². The Morgan fingerprint density at radius 2 is 2.09 bits per heavy atom. The summed E-state index contributed by atoms with van der Waals surface area (Å²) in [5, 5.41) is 5.00. The minimum atomic E-state index is -0.113. The Bertz CT molecular complexity index is 672. The van der Waals surface area contributed by atoms with E-state index in [9.17, 15) is 4.79 Å². The Balaban J connectivity index is 1.71. The maximum Gasteiger partial charge on any atom is 0.225 e. The second-order valence-electron chi connectivity index (χ2n) is 5.06. The first-order valence-electron chi connectivity index (χ1n) is 7.04. The topological polar surface area (TPSA) is 47.6 Å². The number of hydrogen-bond acceptors (Lipinski definition) is 4. The summed E-state index contributed by atoms with van der Waals surface area (Å²) in [7, 11) is 0. The first-order chi connectivity index (χ1) is 10.6. The zero-order valence-electron chi connectivity index (χ0n) is 12.1. The fourth-order valence-electron chi connectivity index (χ4n) is 2.35. The molecule has 3 rings (SSSR count). The van der Waals surface area contributed by atoms with Crippen molar-refractivity contribution < 1.29 is 14.3 Å². The molecule has 1 aliphatic rings. The molecule has 0 radical (unpaired) electrons. The van der Waals surface area contributed by atoms with Crippen LogP contribution in [0.3, 0.4) is 0 Å². The first-order valence-corrected chi connectivity index (χ1v) is 8.71. The number of thiophene rings is 1. The van der Waals surface area contributed by atoms with Crippen molar-refractivity contribution in [2.45, 2.75) is 19.4 Å². The Morgan fingerprint density at radius 3 is 2.77 bits per heavy atom. The van der Waals surface area contributed by atoms with Crippen LogP contribution in [0.25, 0.3) is 0 Å². The SMILES string of the molecule is CC(NC(=O)Cc1cccs1)c1cc2c(cc1Br)OCCO2. The van der Waals surface area contributed by atoms with Gasteiger partial charge in [-0.3, -0.25) is 4.79 Å². The van der Waals surface area contributed by atoms with Crippen molar-refractivity contribution in [2.75, 3.05) is 13.2 Å². The van der Waals surface area contributed by atoms with Crippen molar-refractivity contribution in [3.63, 3.8) is 0 Å². The maximum absolute atomic E-state index is 12.1. The summed E-state index contributed by atoms with van der Waals surface area (Å²) in [6, 6.07) is 7.63. The molecule has 22 heavy (non-hydrogen) atoms. The molecule has 0 spiro atoms. The van der Waals surface area contributed by atoms with Gasteiger partial charge < -0.3 is 14.8 Å². The van der Waals surface area contributed by atoms with E-state index in [4.69, 9.17) is 9.47 Å². The van der Waals surface area contributed by atoms with E-state index in [1.807, 2.05) is 36.6 Å². The number of halogens is 1. The molecule has 2 aromatic rings. The molecule has 1 aliphatic heterocycles. The van der Waals surface area contributed by atoms with Gasteiger partial charge in [-0.15, -0.1) is 11.3 Å². The van der Waals surface area contributed by atoms with Gasteiger partial charge in [0.05, 0.1) is 12.5 Å². The van der Waals surface area contributed by atoms with Crippen LogP contribution in [0.5, 0.6) is 11.5 Å². The van der Waals surface area contributed by atoms with Crippen LogP contribution in [-0.2, 0) is 11.2 Å². The van der Waals surface area contributed by atoms with E-state index in [-0.39, 0.29) is 11.9 Å². The second kappa shape index (κ2) is 6.71. The van der Waals surface area contributed by atoms with Crippen LogP contribution in [0.4, 0.5) is 0 Å². The molecule has 1 amide bonds. The van der Waals surface area contributed by atoms with E-state index in [0.717, 1.165) is 26.4 Å². The normalized spacial score (nSPS) is 14.5. The highest BCUT2D eigenvalue weighted by Gasteiger charge is 2.19. The molecule has 1 aromatic carbocycles. The van der Waals surface area contributed by atoms with Gasteiger partial charge in [-0.1, -0.05) is 22.0 Å². The number of carbonyl (C=O) groups is 1. The lowest BCUT2D eigenvalue weighted by Gasteiger charge is -2.22. The molecule has 4 nitrogen and oxygen atoms in total. The zero-order valence-corrected chi connectivity index (χ0v) is 14.5. The molecule has 116 valence electrons. The number of rotatable bonds is 4. The van der Waals surface area contributed by atoms with E-state index in [1.165, 1.54) is 0 Å². The molecule has 0 aliphatic carbocycles. The highest BCUT2D eigenvalue weighted by atomic mass is 79.9. The Hall–Kier alpha value is -1.53. The van der Waals surface area contributed by atoms with E-state index >= 15 is 0 Å². The zero-order chi connectivity index (χ0) is 15.5. The van der Waals surface area contributed by atoms with Gasteiger partial charge in [-0.25, -0.2) is 0 Å². The summed E-state index contributed by atoms with van der Waals surface area (Å²) in [6.07, 6.45) is 0.407. The van der Waals surface area contributed by atoms with Crippen molar-refractivity contribution in [1.82, 2.24) is 5.32 Å². The predicted molar refractivity (Wildman–Crippen MR) is 89.7 cm³/mol. The molecule has 0 saturated heterocycles. The number of benzene rings is 1. The Morgan fingerprint density at radius 1 is 1.36 bits per heavy atom. The monoisotopic (exact) mass is 381 g/mol. The number of fused-ring (bicyclic) bond motifs is 1. The Labute approximate surface area is 141 Å². The molecule has 1 unspecified atom stereocenters. The summed E-state index contributed by atoms with van der Waals surface area (Å²) in [5.41, 5.74) is 0.976. The van der Waals surface area contributed by atoms with Gasteiger partial charge in [0.15, 0.2) is 11.5 Å².